The van der Waals surface area contributed by atoms with E-state index in [1.54, 1.807) is 0 Å². The maximum Gasteiger partial charge on any atom is 0.0338 e. The second-order valence-corrected chi connectivity index (χ2v) is 4.22. The van der Waals surface area contributed by atoms with Crippen LogP contribution in [-0.2, 0) is 6.54 Å². The van der Waals surface area contributed by atoms with Crippen LogP contribution >= 0.6 is 0 Å². The lowest BCUT2D eigenvalue weighted by atomic mass is 10.0. The molecule has 1 N–H and O–H groups in total. The molecule has 14 heavy (non-hydrogen) atoms. The van der Waals surface area contributed by atoms with Crippen LogP contribution in [0.4, 0.5) is 0 Å². The first-order valence-corrected chi connectivity index (χ1v) is 5.23. The van der Waals surface area contributed by atoms with Gasteiger partial charge in [-0.3, -0.25) is 0 Å². The first-order chi connectivity index (χ1) is 6.77. The van der Waals surface area contributed by atoms with Crippen molar-refractivity contribution >= 4 is 0 Å². The maximum atomic E-state index is 3.55. The summed E-state index contributed by atoms with van der Waals surface area (Å²) in [5.41, 5.74) is 2.96. The fourth-order valence-corrected chi connectivity index (χ4v) is 2.02. The van der Waals surface area contributed by atoms with Crippen LogP contribution in [0.3, 0.4) is 0 Å². The van der Waals surface area contributed by atoms with Gasteiger partial charge in [0.2, 0.25) is 0 Å². The Kier molecular flexibility index (Phi) is 2.85. The summed E-state index contributed by atoms with van der Waals surface area (Å²) in [5.74, 6) is 0. The Morgan fingerprint density at radius 1 is 1.36 bits per heavy atom. The molecule has 1 atom stereocenters. The van der Waals surface area contributed by atoms with Gasteiger partial charge in [-0.2, -0.15) is 0 Å². The van der Waals surface area contributed by atoms with Crippen molar-refractivity contribution in [3.05, 3.63) is 35.4 Å². The van der Waals surface area contributed by atoms with E-state index in [1.165, 1.54) is 17.5 Å². The molecule has 0 fully saturated rings. The maximum absolute atomic E-state index is 3.55. The molecule has 0 saturated carbocycles. The molecule has 0 saturated heterocycles. The number of rotatable bonds is 3. The summed E-state index contributed by atoms with van der Waals surface area (Å²) in [6, 6.07) is 9.28. The minimum Gasteiger partial charge on any atom is -0.309 e. The summed E-state index contributed by atoms with van der Waals surface area (Å²) >= 11 is 0. The van der Waals surface area contributed by atoms with Crippen LogP contribution in [0.25, 0.3) is 0 Å². The van der Waals surface area contributed by atoms with Crippen LogP contribution < -0.4 is 5.32 Å². The van der Waals surface area contributed by atoms with Crippen LogP contribution in [0.1, 0.15) is 23.6 Å². The summed E-state index contributed by atoms with van der Waals surface area (Å²) in [6.07, 6.45) is 1.20. The van der Waals surface area contributed by atoms with Crippen molar-refractivity contribution in [3.63, 3.8) is 0 Å². The largest absolute Gasteiger partial charge is 0.309 e. The average molecular weight is 190 g/mol. The van der Waals surface area contributed by atoms with Crippen molar-refractivity contribution in [3.8, 4) is 0 Å². The standard InChI is InChI=1S/C12H18N2/c1-14(2)8-7-12-11-6-4-3-5-10(11)9-13-12/h3-6,12-13H,7-9H2,1-2H3. The highest BCUT2D eigenvalue weighted by Gasteiger charge is 2.20. The molecule has 76 valence electrons. The Bertz CT molecular complexity index is 307. The molecule has 2 rings (SSSR count). The van der Waals surface area contributed by atoms with Crippen molar-refractivity contribution in [1.82, 2.24) is 10.2 Å². The van der Waals surface area contributed by atoms with Gasteiger partial charge in [0.25, 0.3) is 0 Å². The van der Waals surface area contributed by atoms with Crippen molar-refractivity contribution in [2.75, 3.05) is 20.6 Å². The van der Waals surface area contributed by atoms with E-state index in [-0.39, 0.29) is 0 Å². The third-order valence-electron chi connectivity index (χ3n) is 2.83. The topological polar surface area (TPSA) is 15.3 Å². The first-order valence-electron chi connectivity index (χ1n) is 5.23. The predicted molar refractivity (Wildman–Crippen MR) is 59.2 cm³/mol. The Labute approximate surface area is 85.9 Å². The molecule has 0 radical (unpaired) electrons. The zero-order valence-corrected chi connectivity index (χ0v) is 8.96. The molecular formula is C12H18N2. The van der Waals surface area contributed by atoms with Gasteiger partial charge < -0.3 is 10.2 Å². The molecule has 2 heteroatoms. The molecule has 1 aliphatic heterocycles. The SMILES string of the molecule is CN(C)CCC1NCc2ccccc21. The summed E-state index contributed by atoms with van der Waals surface area (Å²) in [7, 11) is 4.25. The zero-order valence-electron chi connectivity index (χ0n) is 8.96. The van der Waals surface area contributed by atoms with Gasteiger partial charge in [-0.25, -0.2) is 0 Å². The van der Waals surface area contributed by atoms with Crippen molar-refractivity contribution in [2.45, 2.75) is 19.0 Å². The van der Waals surface area contributed by atoms with Crippen LogP contribution in [0.5, 0.6) is 0 Å². The third-order valence-corrected chi connectivity index (χ3v) is 2.83. The molecule has 1 aliphatic rings. The molecule has 2 nitrogen and oxygen atoms in total. The number of hydrogen-bond acceptors (Lipinski definition) is 2. The Balaban J connectivity index is 2.03. The monoisotopic (exact) mass is 190 g/mol. The summed E-state index contributed by atoms with van der Waals surface area (Å²) in [6.45, 7) is 2.18. The molecular weight excluding hydrogens is 172 g/mol. The first kappa shape index (κ1) is 9.69. The molecule has 0 aromatic heterocycles. The van der Waals surface area contributed by atoms with E-state index in [1.807, 2.05) is 0 Å². The number of hydrogen-bond donors (Lipinski definition) is 1. The quantitative estimate of drug-likeness (QED) is 0.781. The molecule has 0 aliphatic carbocycles. The second kappa shape index (κ2) is 4.11. The van der Waals surface area contributed by atoms with Gasteiger partial charge in [0.05, 0.1) is 0 Å². The van der Waals surface area contributed by atoms with Crippen molar-refractivity contribution in [2.24, 2.45) is 0 Å². The van der Waals surface area contributed by atoms with Gasteiger partial charge in [-0.1, -0.05) is 24.3 Å². The fourth-order valence-electron chi connectivity index (χ4n) is 2.02. The van der Waals surface area contributed by atoms with Crippen LogP contribution in [0.2, 0.25) is 0 Å². The zero-order chi connectivity index (χ0) is 9.97. The lowest BCUT2D eigenvalue weighted by Gasteiger charge is -2.15. The Morgan fingerprint density at radius 3 is 2.93 bits per heavy atom. The highest BCUT2D eigenvalue weighted by Crippen LogP contribution is 2.27. The fraction of sp³-hybridized carbons (Fsp3) is 0.500. The highest BCUT2D eigenvalue weighted by atomic mass is 15.1. The summed E-state index contributed by atoms with van der Waals surface area (Å²) in [4.78, 5) is 2.24. The van der Waals surface area contributed by atoms with E-state index >= 15 is 0 Å². The van der Waals surface area contributed by atoms with E-state index < -0.39 is 0 Å². The lowest BCUT2D eigenvalue weighted by Crippen LogP contribution is -2.20. The van der Waals surface area contributed by atoms with E-state index in [0.717, 1.165) is 13.1 Å². The minimum absolute atomic E-state index is 0.564. The van der Waals surface area contributed by atoms with Crippen molar-refractivity contribution in [1.29, 1.82) is 0 Å². The van der Waals surface area contributed by atoms with Gasteiger partial charge in [0, 0.05) is 12.6 Å². The van der Waals surface area contributed by atoms with Gasteiger partial charge in [0.1, 0.15) is 0 Å². The smallest absolute Gasteiger partial charge is 0.0338 e. The molecule has 1 aromatic carbocycles. The molecule has 1 aromatic rings. The second-order valence-electron chi connectivity index (χ2n) is 4.22. The van der Waals surface area contributed by atoms with Crippen LogP contribution in [0.15, 0.2) is 24.3 Å². The van der Waals surface area contributed by atoms with E-state index in [9.17, 15) is 0 Å². The normalized spacial score (nSPS) is 20.1. The number of nitrogens with zero attached hydrogens (tertiary/aromatic N) is 1. The predicted octanol–water partition coefficient (Wildman–Crippen LogP) is 1.78. The van der Waals surface area contributed by atoms with Crippen LogP contribution in [-0.4, -0.2) is 25.5 Å². The molecule has 0 amide bonds. The van der Waals surface area contributed by atoms with Crippen molar-refractivity contribution < 1.29 is 0 Å². The number of benzene rings is 1. The van der Waals surface area contributed by atoms with Crippen LogP contribution in [0, 0.1) is 0 Å². The molecule has 0 bridgehead atoms. The van der Waals surface area contributed by atoms with E-state index in [4.69, 9.17) is 0 Å². The molecule has 1 heterocycles. The third kappa shape index (κ3) is 1.97. The molecule has 0 spiro atoms. The Hall–Kier alpha value is -0.860. The number of fused-ring (bicyclic) bond motifs is 1. The van der Waals surface area contributed by atoms with Gasteiger partial charge >= 0.3 is 0 Å². The van der Waals surface area contributed by atoms with E-state index in [0.29, 0.717) is 6.04 Å². The lowest BCUT2D eigenvalue weighted by molar-refractivity contribution is 0.368. The number of nitrogens with one attached hydrogen (secondary N) is 1. The molecule has 1 unspecified atom stereocenters. The van der Waals surface area contributed by atoms with Gasteiger partial charge in [-0.15, -0.1) is 0 Å². The van der Waals surface area contributed by atoms with Gasteiger partial charge in [0.15, 0.2) is 0 Å². The average Bonchev–Trinajstić information content (AvgIpc) is 2.58. The van der Waals surface area contributed by atoms with E-state index in [2.05, 4.69) is 48.6 Å². The highest BCUT2D eigenvalue weighted by molar-refractivity contribution is 5.33. The Morgan fingerprint density at radius 2 is 2.14 bits per heavy atom. The minimum atomic E-state index is 0.564. The summed E-state index contributed by atoms with van der Waals surface area (Å²) in [5, 5.41) is 3.55. The summed E-state index contributed by atoms with van der Waals surface area (Å²) < 4.78 is 0. The van der Waals surface area contributed by atoms with Gasteiger partial charge in [-0.05, 0) is 38.2 Å².